The summed E-state index contributed by atoms with van der Waals surface area (Å²) < 4.78 is 11.3. The minimum Gasteiger partial charge on any atom is -0.491 e. The molecule has 0 amide bonds. The van der Waals surface area contributed by atoms with Crippen LogP contribution in [0.5, 0.6) is 5.75 Å². The van der Waals surface area contributed by atoms with Gasteiger partial charge in [-0.05, 0) is 24.8 Å². The van der Waals surface area contributed by atoms with Gasteiger partial charge in [0.05, 0.1) is 13.2 Å². The van der Waals surface area contributed by atoms with Crippen LogP contribution in [0.4, 0.5) is 0 Å². The topological polar surface area (TPSA) is 46.1 Å². The Labute approximate surface area is 156 Å². The van der Waals surface area contributed by atoms with E-state index < -0.39 is 0 Å². The quantitative estimate of drug-likeness (QED) is 0.471. The van der Waals surface area contributed by atoms with Crippen LogP contribution >= 0.6 is 0 Å². The Morgan fingerprint density at radius 1 is 1.23 bits per heavy atom. The molecule has 3 rings (SSSR count). The molecule has 1 aliphatic heterocycles. The van der Waals surface area contributed by atoms with E-state index in [1.165, 1.54) is 5.39 Å². The van der Waals surface area contributed by atoms with Gasteiger partial charge in [-0.25, -0.2) is 4.99 Å². The lowest BCUT2D eigenvalue weighted by atomic mass is 10.1. The smallest absolute Gasteiger partial charge is 0.194 e. The molecule has 0 spiro atoms. The molecular formula is C21H29N3O2. The van der Waals surface area contributed by atoms with E-state index in [-0.39, 0.29) is 0 Å². The third kappa shape index (κ3) is 4.67. The minimum atomic E-state index is 0.568. The lowest BCUT2D eigenvalue weighted by molar-refractivity contribution is 0.157. The summed E-state index contributed by atoms with van der Waals surface area (Å²) in [6.45, 7) is 7.03. The van der Waals surface area contributed by atoms with Gasteiger partial charge < -0.3 is 19.7 Å². The number of rotatable bonds is 7. The third-order valence-corrected chi connectivity index (χ3v) is 4.68. The number of nitrogens with zero attached hydrogens (tertiary/aromatic N) is 2. The number of ether oxygens (including phenoxy) is 2. The fraction of sp³-hybridized carbons (Fsp3) is 0.476. The van der Waals surface area contributed by atoms with Crippen molar-refractivity contribution in [1.82, 2.24) is 10.2 Å². The van der Waals surface area contributed by atoms with Crippen LogP contribution in [0.2, 0.25) is 0 Å². The molecule has 5 nitrogen and oxygen atoms in total. The number of likely N-dealkylation sites (tertiary alicyclic amines) is 1. The standard InChI is InChI=1S/C21H29N3O2/c1-3-22-21(24-13-11-17(15-24)16-25-2)23-12-14-26-20-10-6-8-18-7-4-5-9-19(18)20/h4-10,17H,3,11-16H2,1-2H3,(H,22,23). The van der Waals surface area contributed by atoms with E-state index in [0.29, 0.717) is 19.1 Å². The second kappa shape index (κ2) is 9.43. The normalized spacial score (nSPS) is 17.7. The largest absolute Gasteiger partial charge is 0.491 e. The second-order valence-corrected chi connectivity index (χ2v) is 6.62. The SMILES string of the molecule is CCNC(=NCCOc1cccc2ccccc12)N1CCC(COC)C1. The summed E-state index contributed by atoms with van der Waals surface area (Å²) in [7, 11) is 1.77. The number of methoxy groups -OCH3 is 1. The number of fused-ring (bicyclic) bond motifs is 1. The van der Waals surface area contributed by atoms with Crippen LogP contribution in [-0.4, -0.2) is 57.4 Å². The summed E-state index contributed by atoms with van der Waals surface area (Å²) in [5.41, 5.74) is 0. The van der Waals surface area contributed by atoms with Crippen LogP contribution in [0.1, 0.15) is 13.3 Å². The van der Waals surface area contributed by atoms with Crippen LogP contribution in [-0.2, 0) is 4.74 Å². The zero-order valence-corrected chi connectivity index (χ0v) is 15.8. The van der Waals surface area contributed by atoms with Crippen molar-refractivity contribution in [3.63, 3.8) is 0 Å². The van der Waals surface area contributed by atoms with Gasteiger partial charge in [0, 0.05) is 38.0 Å². The van der Waals surface area contributed by atoms with E-state index in [2.05, 4.69) is 35.3 Å². The van der Waals surface area contributed by atoms with Gasteiger partial charge in [0.15, 0.2) is 5.96 Å². The number of aliphatic imine (C=N–C) groups is 1. The Hall–Kier alpha value is -2.27. The van der Waals surface area contributed by atoms with Crippen LogP contribution in [0, 0.1) is 5.92 Å². The molecule has 1 saturated heterocycles. The summed E-state index contributed by atoms with van der Waals surface area (Å²) in [5.74, 6) is 2.49. The fourth-order valence-corrected chi connectivity index (χ4v) is 3.45. The molecule has 1 heterocycles. The first-order valence-electron chi connectivity index (χ1n) is 9.44. The predicted octanol–water partition coefficient (Wildman–Crippen LogP) is 3.15. The highest BCUT2D eigenvalue weighted by atomic mass is 16.5. The Bertz CT molecular complexity index is 727. The minimum absolute atomic E-state index is 0.568. The van der Waals surface area contributed by atoms with Gasteiger partial charge in [0.25, 0.3) is 0 Å². The lowest BCUT2D eigenvalue weighted by Crippen LogP contribution is -2.40. The molecule has 0 aromatic heterocycles. The first-order valence-corrected chi connectivity index (χ1v) is 9.44. The highest BCUT2D eigenvalue weighted by Crippen LogP contribution is 2.25. The number of hydrogen-bond donors (Lipinski definition) is 1. The van der Waals surface area contributed by atoms with Crippen LogP contribution < -0.4 is 10.1 Å². The van der Waals surface area contributed by atoms with E-state index in [9.17, 15) is 0 Å². The van der Waals surface area contributed by atoms with Crippen molar-refractivity contribution in [2.24, 2.45) is 10.9 Å². The van der Waals surface area contributed by atoms with E-state index in [1.54, 1.807) is 7.11 Å². The maximum absolute atomic E-state index is 6.00. The molecule has 0 bridgehead atoms. The predicted molar refractivity (Wildman–Crippen MR) is 107 cm³/mol. The van der Waals surface area contributed by atoms with Crippen molar-refractivity contribution in [3.8, 4) is 5.75 Å². The number of guanidine groups is 1. The van der Waals surface area contributed by atoms with Crippen molar-refractivity contribution >= 4 is 16.7 Å². The van der Waals surface area contributed by atoms with Gasteiger partial charge in [-0.1, -0.05) is 36.4 Å². The highest BCUT2D eigenvalue weighted by Gasteiger charge is 2.24. The zero-order valence-electron chi connectivity index (χ0n) is 15.8. The van der Waals surface area contributed by atoms with Gasteiger partial charge in [0.2, 0.25) is 0 Å². The molecule has 0 radical (unpaired) electrons. The van der Waals surface area contributed by atoms with Gasteiger partial charge in [-0.15, -0.1) is 0 Å². The molecule has 140 valence electrons. The van der Waals surface area contributed by atoms with E-state index >= 15 is 0 Å². The fourth-order valence-electron chi connectivity index (χ4n) is 3.45. The average molecular weight is 355 g/mol. The molecular weight excluding hydrogens is 326 g/mol. The van der Waals surface area contributed by atoms with Crippen LogP contribution in [0.3, 0.4) is 0 Å². The number of nitrogens with one attached hydrogen (secondary N) is 1. The van der Waals surface area contributed by atoms with Crippen LogP contribution in [0.25, 0.3) is 10.8 Å². The monoisotopic (exact) mass is 355 g/mol. The Kier molecular flexibility index (Phi) is 6.72. The molecule has 2 aromatic rings. The van der Waals surface area contributed by atoms with Crippen LogP contribution in [0.15, 0.2) is 47.5 Å². The highest BCUT2D eigenvalue weighted by molar-refractivity contribution is 5.88. The molecule has 2 aromatic carbocycles. The van der Waals surface area contributed by atoms with Crippen molar-refractivity contribution in [2.75, 3.05) is 46.5 Å². The molecule has 1 N–H and O–H groups in total. The van der Waals surface area contributed by atoms with Crippen molar-refractivity contribution in [2.45, 2.75) is 13.3 Å². The molecule has 1 unspecified atom stereocenters. The maximum atomic E-state index is 6.00. The average Bonchev–Trinajstić information content (AvgIpc) is 3.13. The van der Waals surface area contributed by atoms with E-state index in [4.69, 9.17) is 14.5 Å². The number of hydrogen-bond acceptors (Lipinski definition) is 3. The zero-order chi connectivity index (χ0) is 18.2. The summed E-state index contributed by atoms with van der Waals surface area (Å²) in [4.78, 5) is 7.08. The lowest BCUT2D eigenvalue weighted by Gasteiger charge is -2.21. The molecule has 1 atom stereocenters. The van der Waals surface area contributed by atoms with E-state index in [1.807, 2.05) is 24.3 Å². The Morgan fingerprint density at radius 2 is 2.08 bits per heavy atom. The van der Waals surface area contributed by atoms with Gasteiger partial charge in [-0.2, -0.15) is 0 Å². The summed E-state index contributed by atoms with van der Waals surface area (Å²) in [6.07, 6.45) is 1.16. The third-order valence-electron chi connectivity index (χ3n) is 4.68. The Morgan fingerprint density at radius 3 is 2.92 bits per heavy atom. The van der Waals surface area contributed by atoms with Crippen molar-refractivity contribution in [3.05, 3.63) is 42.5 Å². The van der Waals surface area contributed by atoms with E-state index in [0.717, 1.165) is 49.8 Å². The first kappa shape index (κ1) is 18.5. The number of benzene rings is 2. The molecule has 1 fully saturated rings. The Balaban J connectivity index is 1.57. The molecule has 1 aliphatic rings. The molecule has 26 heavy (non-hydrogen) atoms. The van der Waals surface area contributed by atoms with Crippen molar-refractivity contribution < 1.29 is 9.47 Å². The van der Waals surface area contributed by atoms with Gasteiger partial charge in [0.1, 0.15) is 12.4 Å². The van der Waals surface area contributed by atoms with Gasteiger partial charge in [-0.3, -0.25) is 0 Å². The maximum Gasteiger partial charge on any atom is 0.194 e. The first-order chi connectivity index (χ1) is 12.8. The van der Waals surface area contributed by atoms with Crippen molar-refractivity contribution in [1.29, 1.82) is 0 Å². The van der Waals surface area contributed by atoms with Gasteiger partial charge >= 0.3 is 0 Å². The molecule has 5 heteroatoms. The molecule has 0 saturated carbocycles. The summed E-state index contributed by atoms with van der Waals surface area (Å²) in [6, 6.07) is 14.4. The molecule has 0 aliphatic carbocycles. The summed E-state index contributed by atoms with van der Waals surface area (Å²) >= 11 is 0. The summed E-state index contributed by atoms with van der Waals surface area (Å²) in [5, 5.41) is 5.74. The second-order valence-electron chi connectivity index (χ2n) is 6.62.